The second-order valence-electron chi connectivity index (χ2n) is 16.4. The van der Waals surface area contributed by atoms with Crippen molar-refractivity contribution < 1.29 is 8.83 Å². The highest BCUT2D eigenvalue weighted by Gasteiger charge is 2.36. The normalized spacial score (nSPS) is 13.0. The number of fused-ring (bicyclic) bond motifs is 9. The Labute approximate surface area is 348 Å². The molecule has 11 aromatic rings. The minimum absolute atomic E-state index is 0.152. The van der Waals surface area contributed by atoms with Crippen LogP contribution in [0.15, 0.2) is 209 Å². The average molecular weight is 770 g/mol. The lowest BCUT2D eigenvalue weighted by Gasteiger charge is -2.26. The molecule has 0 saturated heterocycles. The van der Waals surface area contributed by atoms with Crippen molar-refractivity contribution >= 4 is 60.9 Å². The number of anilines is 3. The standard InChI is InChI=1S/C57H39NO2/c1-57(2)47-20-11-9-18-43(47)44-33-28-40(34-48(44)57)53-55-45-19-10-12-22-50(45)59-52(55)35-46-54-49(21-13-23-51(54)60-56(46)53)58(41-29-24-38(25-30-41)36-14-5-3-6-15-36)42-31-26-39(27-32-42)37-16-7-4-8-17-37/h3-35H,1-2H3. The molecule has 0 aliphatic heterocycles. The number of hydrogen-bond acceptors (Lipinski definition) is 3. The molecule has 0 N–H and O–H groups in total. The van der Waals surface area contributed by atoms with E-state index in [2.05, 4.69) is 213 Å². The fourth-order valence-electron chi connectivity index (χ4n) is 9.76. The van der Waals surface area contributed by atoms with Gasteiger partial charge in [0.2, 0.25) is 0 Å². The number of rotatable bonds is 6. The molecule has 12 rings (SSSR count). The Balaban J connectivity index is 1.11. The summed E-state index contributed by atoms with van der Waals surface area (Å²) >= 11 is 0. The summed E-state index contributed by atoms with van der Waals surface area (Å²) in [5, 5.41) is 4.19. The fraction of sp³-hybridized carbons (Fsp3) is 0.0526. The van der Waals surface area contributed by atoms with E-state index in [-0.39, 0.29) is 5.41 Å². The van der Waals surface area contributed by atoms with E-state index in [9.17, 15) is 0 Å². The Hall–Kier alpha value is -7.62. The molecular weight excluding hydrogens is 731 g/mol. The van der Waals surface area contributed by atoms with Crippen molar-refractivity contribution in [2.24, 2.45) is 0 Å². The summed E-state index contributed by atoms with van der Waals surface area (Å²) in [4.78, 5) is 2.36. The van der Waals surface area contributed by atoms with Gasteiger partial charge in [0.05, 0.1) is 11.1 Å². The Kier molecular flexibility index (Phi) is 7.58. The van der Waals surface area contributed by atoms with Gasteiger partial charge in [-0.3, -0.25) is 0 Å². The van der Waals surface area contributed by atoms with E-state index in [4.69, 9.17) is 8.83 Å². The van der Waals surface area contributed by atoms with Crippen molar-refractivity contribution in [3.05, 3.63) is 211 Å². The first-order valence-corrected chi connectivity index (χ1v) is 20.7. The molecule has 0 atom stereocenters. The van der Waals surface area contributed by atoms with Crippen LogP contribution in [0.1, 0.15) is 25.0 Å². The van der Waals surface area contributed by atoms with Gasteiger partial charge < -0.3 is 13.7 Å². The van der Waals surface area contributed by atoms with Crippen LogP contribution in [-0.2, 0) is 5.41 Å². The molecule has 3 heteroatoms. The topological polar surface area (TPSA) is 29.5 Å². The summed E-state index contributed by atoms with van der Waals surface area (Å²) in [6, 6.07) is 71.6. The second-order valence-corrected chi connectivity index (χ2v) is 16.4. The Morgan fingerprint density at radius 2 is 0.950 bits per heavy atom. The van der Waals surface area contributed by atoms with Gasteiger partial charge in [0.25, 0.3) is 0 Å². The molecule has 9 aromatic carbocycles. The van der Waals surface area contributed by atoms with Gasteiger partial charge in [0, 0.05) is 38.5 Å². The lowest BCUT2D eigenvalue weighted by atomic mass is 9.81. The highest BCUT2D eigenvalue weighted by atomic mass is 16.3. The van der Waals surface area contributed by atoms with E-state index in [1.54, 1.807) is 0 Å². The zero-order valence-electron chi connectivity index (χ0n) is 33.3. The third-order valence-electron chi connectivity index (χ3n) is 12.7. The number of benzene rings is 9. The lowest BCUT2D eigenvalue weighted by Crippen LogP contribution is -2.14. The first-order chi connectivity index (χ1) is 29.5. The summed E-state index contributed by atoms with van der Waals surface area (Å²) in [5.74, 6) is 0. The van der Waals surface area contributed by atoms with Crippen LogP contribution in [-0.4, -0.2) is 0 Å². The molecule has 0 fully saturated rings. The van der Waals surface area contributed by atoms with Crippen LogP contribution in [0.3, 0.4) is 0 Å². The Morgan fingerprint density at radius 1 is 0.383 bits per heavy atom. The van der Waals surface area contributed by atoms with Crippen molar-refractivity contribution in [1.29, 1.82) is 0 Å². The SMILES string of the molecule is CC1(C)c2ccccc2-c2ccc(-c3c4oc5cccc(N(c6ccc(-c7ccccc7)cc6)c6ccc(-c7ccccc7)cc6)c5c4cc4oc5ccccc5c34)cc21. The maximum Gasteiger partial charge on any atom is 0.144 e. The first kappa shape index (κ1) is 34.4. The van der Waals surface area contributed by atoms with Crippen LogP contribution >= 0.6 is 0 Å². The number of hydrogen-bond donors (Lipinski definition) is 0. The van der Waals surface area contributed by atoms with Crippen molar-refractivity contribution in [3.8, 4) is 44.5 Å². The van der Waals surface area contributed by atoms with E-state index in [0.29, 0.717) is 0 Å². The highest BCUT2D eigenvalue weighted by molar-refractivity contribution is 6.25. The van der Waals surface area contributed by atoms with Gasteiger partial charge in [-0.05, 0) is 105 Å². The van der Waals surface area contributed by atoms with E-state index >= 15 is 0 Å². The molecule has 0 radical (unpaired) electrons. The van der Waals surface area contributed by atoms with Crippen molar-refractivity contribution in [2.75, 3.05) is 4.90 Å². The van der Waals surface area contributed by atoms with Crippen molar-refractivity contribution in [1.82, 2.24) is 0 Å². The first-order valence-electron chi connectivity index (χ1n) is 20.7. The highest BCUT2D eigenvalue weighted by Crippen LogP contribution is 2.53. The van der Waals surface area contributed by atoms with Crippen LogP contribution in [0.2, 0.25) is 0 Å². The van der Waals surface area contributed by atoms with E-state index < -0.39 is 0 Å². The molecule has 2 aromatic heterocycles. The predicted octanol–water partition coefficient (Wildman–Crippen LogP) is 16.3. The fourth-order valence-corrected chi connectivity index (χ4v) is 9.76. The zero-order valence-corrected chi connectivity index (χ0v) is 33.3. The molecule has 0 saturated carbocycles. The van der Waals surface area contributed by atoms with Gasteiger partial charge in [-0.1, -0.05) is 159 Å². The summed E-state index contributed by atoms with van der Waals surface area (Å²) in [7, 11) is 0. The summed E-state index contributed by atoms with van der Waals surface area (Å²) < 4.78 is 13.9. The van der Waals surface area contributed by atoms with Gasteiger partial charge in [0.15, 0.2) is 0 Å². The number of nitrogens with zero attached hydrogens (tertiary/aromatic N) is 1. The molecule has 3 nitrogen and oxygen atoms in total. The second kappa shape index (κ2) is 13.2. The molecule has 0 unspecified atom stereocenters. The van der Waals surface area contributed by atoms with Crippen LogP contribution in [0.5, 0.6) is 0 Å². The minimum Gasteiger partial charge on any atom is -0.456 e. The molecule has 1 aliphatic rings. The summed E-state index contributed by atoms with van der Waals surface area (Å²) in [5.41, 5.74) is 18.5. The predicted molar refractivity (Wildman–Crippen MR) is 250 cm³/mol. The maximum absolute atomic E-state index is 7.15. The number of para-hydroxylation sites is 1. The smallest absolute Gasteiger partial charge is 0.144 e. The molecule has 0 amide bonds. The van der Waals surface area contributed by atoms with Gasteiger partial charge in [-0.2, -0.15) is 0 Å². The quantitative estimate of drug-likeness (QED) is 0.169. The maximum atomic E-state index is 7.15. The average Bonchev–Trinajstić information content (AvgIpc) is 3.94. The van der Waals surface area contributed by atoms with Crippen molar-refractivity contribution in [3.63, 3.8) is 0 Å². The molecule has 60 heavy (non-hydrogen) atoms. The lowest BCUT2D eigenvalue weighted by molar-refractivity contribution is 0.660. The molecule has 2 heterocycles. The monoisotopic (exact) mass is 769 g/mol. The molecule has 0 spiro atoms. The Morgan fingerprint density at radius 3 is 1.65 bits per heavy atom. The largest absolute Gasteiger partial charge is 0.456 e. The number of furan rings is 2. The van der Waals surface area contributed by atoms with Crippen LogP contribution in [0, 0.1) is 0 Å². The van der Waals surface area contributed by atoms with E-state index in [1.165, 1.54) is 44.5 Å². The molecule has 0 bridgehead atoms. The van der Waals surface area contributed by atoms with Gasteiger partial charge in [-0.25, -0.2) is 0 Å². The third-order valence-corrected chi connectivity index (χ3v) is 12.7. The zero-order chi connectivity index (χ0) is 40.0. The van der Waals surface area contributed by atoms with Gasteiger partial charge in [0.1, 0.15) is 22.3 Å². The van der Waals surface area contributed by atoms with E-state index in [1.807, 2.05) is 6.07 Å². The third kappa shape index (κ3) is 5.22. The summed E-state index contributed by atoms with van der Waals surface area (Å²) in [6.07, 6.45) is 0. The minimum atomic E-state index is -0.152. The molecular formula is C57H39NO2. The molecule has 1 aliphatic carbocycles. The van der Waals surface area contributed by atoms with Crippen LogP contribution in [0.4, 0.5) is 17.1 Å². The summed E-state index contributed by atoms with van der Waals surface area (Å²) in [6.45, 7) is 4.68. The Bertz CT molecular complexity index is 3340. The van der Waals surface area contributed by atoms with E-state index in [0.717, 1.165) is 72.1 Å². The van der Waals surface area contributed by atoms with Gasteiger partial charge >= 0.3 is 0 Å². The van der Waals surface area contributed by atoms with Gasteiger partial charge in [-0.15, -0.1) is 0 Å². The molecule has 284 valence electrons. The van der Waals surface area contributed by atoms with Crippen LogP contribution in [0.25, 0.3) is 88.4 Å². The van der Waals surface area contributed by atoms with Crippen molar-refractivity contribution in [2.45, 2.75) is 19.3 Å². The van der Waals surface area contributed by atoms with Crippen LogP contribution < -0.4 is 4.90 Å².